The zero-order valence-electron chi connectivity index (χ0n) is 13.9. The Labute approximate surface area is 132 Å². The molecule has 0 aliphatic carbocycles. The summed E-state index contributed by atoms with van der Waals surface area (Å²) in [5.41, 5.74) is 0. The van der Waals surface area contributed by atoms with Gasteiger partial charge in [-0.1, -0.05) is 6.92 Å². The molecule has 1 unspecified atom stereocenters. The van der Waals surface area contributed by atoms with E-state index in [1.165, 1.54) is 0 Å². The van der Waals surface area contributed by atoms with Crippen LogP contribution in [0.5, 0.6) is 0 Å². The highest BCUT2D eigenvalue weighted by atomic mass is 16.2. The van der Waals surface area contributed by atoms with Gasteiger partial charge in [-0.05, 0) is 20.3 Å². The molecular weight excluding hydrogens is 282 g/mol. The minimum absolute atomic E-state index is 0.0686. The molecule has 0 aromatic rings. The van der Waals surface area contributed by atoms with Crippen LogP contribution in [0.2, 0.25) is 0 Å². The zero-order chi connectivity index (χ0) is 16.3. The van der Waals surface area contributed by atoms with E-state index in [2.05, 4.69) is 0 Å². The van der Waals surface area contributed by atoms with Gasteiger partial charge in [0, 0.05) is 51.6 Å². The average Bonchev–Trinajstić information content (AvgIpc) is 2.89. The molecule has 0 N–H and O–H groups in total. The van der Waals surface area contributed by atoms with E-state index in [9.17, 15) is 14.4 Å². The minimum Gasteiger partial charge on any atom is -0.339 e. The van der Waals surface area contributed by atoms with Crippen molar-refractivity contribution < 1.29 is 14.4 Å². The van der Waals surface area contributed by atoms with Gasteiger partial charge in [0.2, 0.25) is 17.7 Å². The van der Waals surface area contributed by atoms with Crippen molar-refractivity contribution in [2.45, 2.75) is 46.1 Å². The highest BCUT2D eigenvalue weighted by molar-refractivity contribution is 5.89. The second-order valence-corrected chi connectivity index (χ2v) is 6.50. The number of amides is 3. The second-order valence-electron chi connectivity index (χ2n) is 6.50. The molecule has 3 amide bonds. The Kier molecular flexibility index (Phi) is 5.42. The lowest BCUT2D eigenvalue weighted by Gasteiger charge is -2.36. The summed E-state index contributed by atoms with van der Waals surface area (Å²) in [4.78, 5) is 41.8. The molecule has 2 heterocycles. The van der Waals surface area contributed by atoms with Crippen LogP contribution < -0.4 is 0 Å². The third-order valence-corrected chi connectivity index (χ3v) is 4.54. The van der Waals surface area contributed by atoms with E-state index in [0.717, 1.165) is 6.42 Å². The number of carbonyl (C=O) groups is 3. The summed E-state index contributed by atoms with van der Waals surface area (Å²) < 4.78 is 0. The molecule has 0 aromatic carbocycles. The fourth-order valence-corrected chi connectivity index (χ4v) is 3.20. The monoisotopic (exact) mass is 309 g/mol. The van der Waals surface area contributed by atoms with Crippen LogP contribution in [0.25, 0.3) is 0 Å². The molecule has 124 valence electrons. The molecule has 6 heteroatoms. The van der Waals surface area contributed by atoms with Crippen LogP contribution >= 0.6 is 0 Å². The number of hydrogen-bond donors (Lipinski definition) is 0. The fraction of sp³-hybridized carbons (Fsp3) is 0.812. The van der Waals surface area contributed by atoms with Crippen molar-refractivity contribution in [2.75, 3.05) is 32.7 Å². The lowest BCUT2D eigenvalue weighted by molar-refractivity contribution is -0.142. The molecule has 22 heavy (non-hydrogen) atoms. The van der Waals surface area contributed by atoms with Crippen LogP contribution in [0.1, 0.15) is 40.0 Å². The van der Waals surface area contributed by atoms with Crippen molar-refractivity contribution in [1.82, 2.24) is 14.7 Å². The molecule has 0 bridgehead atoms. The summed E-state index contributed by atoms with van der Waals surface area (Å²) in [6.45, 7) is 8.87. The van der Waals surface area contributed by atoms with Gasteiger partial charge in [-0.2, -0.15) is 0 Å². The number of piperazine rings is 1. The van der Waals surface area contributed by atoms with Gasteiger partial charge in [0.25, 0.3) is 0 Å². The summed E-state index contributed by atoms with van der Waals surface area (Å²) in [7, 11) is 0. The quantitative estimate of drug-likeness (QED) is 0.768. The van der Waals surface area contributed by atoms with Gasteiger partial charge in [-0.3, -0.25) is 14.4 Å². The molecule has 2 aliphatic rings. The molecule has 2 saturated heterocycles. The van der Waals surface area contributed by atoms with Gasteiger partial charge in [0.15, 0.2) is 0 Å². The molecule has 1 atom stereocenters. The third kappa shape index (κ3) is 3.59. The molecule has 0 saturated carbocycles. The smallest absolute Gasteiger partial charge is 0.228 e. The van der Waals surface area contributed by atoms with Crippen molar-refractivity contribution in [3.05, 3.63) is 0 Å². The summed E-state index contributed by atoms with van der Waals surface area (Å²) in [5, 5.41) is 0. The Morgan fingerprint density at radius 3 is 2.23 bits per heavy atom. The standard InChI is InChI=1S/C16H27N3O3/c1-4-5-14(20)17-6-8-18(9-7-17)16(22)13-10-15(21)19(11-13)12(2)3/h12-13H,4-11H2,1-3H3. The van der Waals surface area contributed by atoms with E-state index >= 15 is 0 Å². The minimum atomic E-state index is -0.215. The van der Waals surface area contributed by atoms with Gasteiger partial charge in [0.05, 0.1) is 5.92 Å². The molecule has 0 spiro atoms. The molecule has 2 aliphatic heterocycles. The molecule has 2 rings (SSSR count). The van der Waals surface area contributed by atoms with E-state index in [-0.39, 0.29) is 29.7 Å². The Hall–Kier alpha value is -1.59. The first-order chi connectivity index (χ1) is 10.4. The van der Waals surface area contributed by atoms with Gasteiger partial charge < -0.3 is 14.7 Å². The van der Waals surface area contributed by atoms with Crippen LogP contribution in [-0.4, -0.2) is 71.2 Å². The first kappa shape index (κ1) is 16.8. The maximum Gasteiger partial charge on any atom is 0.228 e. The number of carbonyl (C=O) groups excluding carboxylic acids is 3. The lowest BCUT2D eigenvalue weighted by Crippen LogP contribution is -2.52. The van der Waals surface area contributed by atoms with Crippen molar-refractivity contribution >= 4 is 17.7 Å². The number of rotatable bonds is 4. The summed E-state index contributed by atoms with van der Waals surface area (Å²) >= 11 is 0. The first-order valence-corrected chi connectivity index (χ1v) is 8.30. The average molecular weight is 309 g/mol. The number of nitrogens with zero attached hydrogens (tertiary/aromatic N) is 3. The van der Waals surface area contributed by atoms with Gasteiger partial charge >= 0.3 is 0 Å². The maximum absolute atomic E-state index is 12.6. The molecule has 0 radical (unpaired) electrons. The molecular formula is C16H27N3O3. The van der Waals surface area contributed by atoms with Gasteiger partial charge in [0.1, 0.15) is 0 Å². The van der Waals surface area contributed by atoms with E-state index in [0.29, 0.717) is 45.6 Å². The first-order valence-electron chi connectivity index (χ1n) is 8.30. The summed E-state index contributed by atoms with van der Waals surface area (Å²) in [6, 6.07) is 0.147. The molecule has 6 nitrogen and oxygen atoms in total. The lowest BCUT2D eigenvalue weighted by atomic mass is 10.1. The highest BCUT2D eigenvalue weighted by Crippen LogP contribution is 2.22. The predicted molar refractivity (Wildman–Crippen MR) is 83.0 cm³/mol. The van der Waals surface area contributed by atoms with E-state index in [4.69, 9.17) is 0 Å². The summed E-state index contributed by atoms with van der Waals surface area (Å²) in [6.07, 6.45) is 1.76. The Morgan fingerprint density at radius 1 is 1.14 bits per heavy atom. The van der Waals surface area contributed by atoms with Crippen molar-refractivity contribution in [1.29, 1.82) is 0 Å². The second kappa shape index (κ2) is 7.11. The van der Waals surface area contributed by atoms with Crippen LogP contribution in [0.15, 0.2) is 0 Å². The Bertz CT molecular complexity index is 442. The Balaban J connectivity index is 1.86. The van der Waals surface area contributed by atoms with Crippen LogP contribution in [-0.2, 0) is 14.4 Å². The van der Waals surface area contributed by atoms with Crippen LogP contribution in [0, 0.1) is 5.92 Å². The zero-order valence-corrected chi connectivity index (χ0v) is 13.9. The third-order valence-electron chi connectivity index (χ3n) is 4.54. The topological polar surface area (TPSA) is 60.9 Å². The normalized spacial score (nSPS) is 22.6. The van der Waals surface area contributed by atoms with E-state index in [1.54, 1.807) is 4.90 Å². The van der Waals surface area contributed by atoms with Crippen molar-refractivity contribution in [2.24, 2.45) is 5.92 Å². The van der Waals surface area contributed by atoms with E-state index < -0.39 is 0 Å². The van der Waals surface area contributed by atoms with Crippen molar-refractivity contribution in [3.8, 4) is 0 Å². The van der Waals surface area contributed by atoms with Gasteiger partial charge in [-0.15, -0.1) is 0 Å². The fourth-order valence-electron chi connectivity index (χ4n) is 3.20. The SMILES string of the molecule is CCCC(=O)N1CCN(C(=O)C2CC(=O)N(C(C)C)C2)CC1. The van der Waals surface area contributed by atoms with Crippen LogP contribution in [0.4, 0.5) is 0 Å². The number of hydrogen-bond acceptors (Lipinski definition) is 3. The van der Waals surface area contributed by atoms with E-state index in [1.807, 2.05) is 30.6 Å². The predicted octanol–water partition coefficient (Wildman–Crippen LogP) is 0.714. The molecule has 0 aromatic heterocycles. The molecule has 2 fully saturated rings. The largest absolute Gasteiger partial charge is 0.339 e. The van der Waals surface area contributed by atoms with Gasteiger partial charge in [-0.25, -0.2) is 0 Å². The van der Waals surface area contributed by atoms with Crippen LogP contribution in [0.3, 0.4) is 0 Å². The maximum atomic E-state index is 12.6. The Morgan fingerprint density at radius 2 is 1.73 bits per heavy atom. The van der Waals surface area contributed by atoms with Crippen molar-refractivity contribution in [3.63, 3.8) is 0 Å². The summed E-state index contributed by atoms with van der Waals surface area (Å²) in [5.74, 6) is 0.105. The highest BCUT2D eigenvalue weighted by Gasteiger charge is 2.38. The number of likely N-dealkylation sites (tertiary alicyclic amines) is 1.